The molecule has 0 spiro atoms. The van der Waals surface area contributed by atoms with Gasteiger partial charge in [-0.3, -0.25) is 19.2 Å². The summed E-state index contributed by atoms with van der Waals surface area (Å²) in [7, 11) is 0. The lowest BCUT2D eigenvalue weighted by molar-refractivity contribution is -0.144. The number of nitrogens with one attached hydrogen (secondary N) is 2. The maximum Gasteiger partial charge on any atom is 0.325 e. The minimum absolute atomic E-state index is 0.154. The van der Waals surface area contributed by atoms with Gasteiger partial charge in [0.15, 0.2) is 0 Å². The molecule has 0 aliphatic heterocycles. The molecule has 0 saturated heterocycles. The molecule has 0 aliphatic carbocycles. The molecule has 0 bridgehead atoms. The van der Waals surface area contributed by atoms with Gasteiger partial charge in [0, 0.05) is 6.42 Å². The zero-order chi connectivity index (χ0) is 19.5. The number of rotatable bonds is 10. The van der Waals surface area contributed by atoms with Gasteiger partial charge in [0.25, 0.3) is 0 Å². The summed E-state index contributed by atoms with van der Waals surface area (Å²) in [5.74, 6) is -3.19. The Morgan fingerprint density at radius 3 is 2.38 bits per heavy atom. The van der Waals surface area contributed by atoms with Crippen molar-refractivity contribution in [1.82, 2.24) is 10.6 Å². The summed E-state index contributed by atoms with van der Waals surface area (Å²) in [4.78, 5) is 46.4. The first kappa shape index (κ1) is 21.1. The van der Waals surface area contributed by atoms with Crippen LogP contribution in [-0.4, -0.2) is 54.1 Å². The number of carbonyl (C=O) groups excluding carboxylic acids is 3. The average molecular weight is 365 g/mol. The number of carboxylic acid groups (broad SMARTS) is 1. The summed E-state index contributed by atoms with van der Waals surface area (Å²) in [6.45, 7) is 1.49. The van der Waals surface area contributed by atoms with Gasteiger partial charge in [0.05, 0.1) is 19.1 Å². The van der Waals surface area contributed by atoms with Gasteiger partial charge in [-0.2, -0.15) is 0 Å². The van der Waals surface area contributed by atoms with Gasteiger partial charge in [-0.05, 0) is 12.5 Å². The molecule has 0 unspecified atom stereocenters. The van der Waals surface area contributed by atoms with E-state index in [0.717, 1.165) is 5.56 Å². The Morgan fingerprint density at radius 2 is 1.81 bits per heavy atom. The summed E-state index contributed by atoms with van der Waals surface area (Å²) in [5, 5.41) is 13.5. The molecule has 0 saturated carbocycles. The summed E-state index contributed by atoms with van der Waals surface area (Å²) in [6, 6.07) is 6.61. The van der Waals surface area contributed by atoms with Crippen LogP contribution < -0.4 is 16.4 Å². The van der Waals surface area contributed by atoms with Gasteiger partial charge in [-0.15, -0.1) is 0 Å². The largest absolute Gasteiger partial charge is 0.481 e. The Labute approximate surface area is 150 Å². The molecule has 1 rings (SSSR count). The third-order valence-corrected chi connectivity index (χ3v) is 3.36. The van der Waals surface area contributed by atoms with Gasteiger partial charge < -0.3 is 26.2 Å². The Morgan fingerprint density at radius 1 is 1.15 bits per heavy atom. The van der Waals surface area contributed by atoms with Crippen LogP contribution in [0.5, 0.6) is 0 Å². The molecule has 2 amide bonds. The zero-order valence-corrected chi connectivity index (χ0v) is 14.4. The van der Waals surface area contributed by atoms with Crippen LogP contribution in [0.15, 0.2) is 30.3 Å². The summed E-state index contributed by atoms with van der Waals surface area (Å²) >= 11 is 0. The average Bonchev–Trinajstić information content (AvgIpc) is 2.59. The fourth-order valence-electron chi connectivity index (χ4n) is 2.11. The van der Waals surface area contributed by atoms with Crippen molar-refractivity contribution in [2.45, 2.75) is 31.8 Å². The fourth-order valence-corrected chi connectivity index (χ4v) is 2.11. The van der Waals surface area contributed by atoms with Crippen LogP contribution in [0.3, 0.4) is 0 Å². The number of carbonyl (C=O) groups is 4. The van der Waals surface area contributed by atoms with Gasteiger partial charge in [-0.1, -0.05) is 30.3 Å². The molecule has 0 heterocycles. The van der Waals surface area contributed by atoms with Gasteiger partial charge in [0.2, 0.25) is 11.8 Å². The maximum atomic E-state index is 12.3. The van der Waals surface area contributed by atoms with Gasteiger partial charge >= 0.3 is 11.9 Å². The minimum Gasteiger partial charge on any atom is -0.481 e. The van der Waals surface area contributed by atoms with Crippen molar-refractivity contribution in [3.8, 4) is 0 Å². The van der Waals surface area contributed by atoms with Crippen LogP contribution in [0.4, 0.5) is 0 Å². The second-order valence-electron chi connectivity index (χ2n) is 5.48. The van der Waals surface area contributed by atoms with Crippen molar-refractivity contribution in [2.75, 3.05) is 13.2 Å². The predicted octanol–water partition coefficient (Wildman–Crippen LogP) is -0.805. The first-order valence-electron chi connectivity index (χ1n) is 8.08. The Hall–Kier alpha value is -2.94. The first-order chi connectivity index (χ1) is 12.3. The maximum absolute atomic E-state index is 12.3. The van der Waals surface area contributed by atoms with Gasteiger partial charge in [-0.25, -0.2) is 0 Å². The standard InChI is InChI=1S/C17H23N3O6/c1-2-26-15(23)10-19-17(25)13(8-11-6-4-3-5-7-11)20-16(24)12(18)9-14(21)22/h3-7,12-13H,2,8-10,18H2,1H3,(H,19,25)(H,20,24)(H,21,22)/t12-,13+/m0/s1. The third kappa shape index (κ3) is 7.75. The highest BCUT2D eigenvalue weighted by Crippen LogP contribution is 2.04. The summed E-state index contributed by atoms with van der Waals surface area (Å²) < 4.78 is 4.73. The number of nitrogens with two attached hydrogens (primary N) is 1. The highest BCUT2D eigenvalue weighted by Gasteiger charge is 2.25. The van der Waals surface area contributed by atoms with E-state index in [4.69, 9.17) is 15.6 Å². The second-order valence-corrected chi connectivity index (χ2v) is 5.48. The predicted molar refractivity (Wildman–Crippen MR) is 91.9 cm³/mol. The number of hydrogen-bond acceptors (Lipinski definition) is 6. The van der Waals surface area contributed by atoms with Crippen molar-refractivity contribution in [3.05, 3.63) is 35.9 Å². The molecule has 1 aromatic carbocycles. The molecule has 0 aromatic heterocycles. The highest BCUT2D eigenvalue weighted by atomic mass is 16.5. The second kappa shape index (κ2) is 10.8. The van der Waals surface area contributed by atoms with Crippen molar-refractivity contribution >= 4 is 23.8 Å². The molecule has 9 nitrogen and oxygen atoms in total. The van der Waals surface area contributed by atoms with E-state index < -0.39 is 42.3 Å². The SMILES string of the molecule is CCOC(=O)CNC(=O)[C@@H](Cc1ccccc1)NC(=O)[C@@H](N)CC(=O)O. The Bertz CT molecular complexity index is 635. The lowest BCUT2D eigenvalue weighted by Gasteiger charge is -2.20. The highest BCUT2D eigenvalue weighted by molar-refractivity contribution is 5.92. The molecule has 142 valence electrons. The molecule has 26 heavy (non-hydrogen) atoms. The van der Waals surface area contributed by atoms with E-state index in [1.54, 1.807) is 37.3 Å². The number of hydrogen-bond donors (Lipinski definition) is 4. The number of carboxylic acids is 1. The lowest BCUT2D eigenvalue weighted by Crippen LogP contribution is -2.53. The van der Waals surface area contributed by atoms with E-state index in [-0.39, 0.29) is 19.6 Å². The third-order valence-electron chi connectivity index (χ3n) is 3.36. The van der Waals surface area contributed by atoms with Crippen molar-refractivity contribution in [1.29, 1.82) is 0 Å². The number of esters is 1. The van der Waals surface area contributed by atoms with Crippen LogP contribution in [0, 0.1) is 0 Å². The Balaban J connectivity index is 2.77. The Kier molecular flexibility index (Phi) is 8.79. The van der Waals surface area contributed by atoms with Crippen LogP contribution in [-0.2, 0) is 30.3 Å². The van der Waals surface area contributed by atoms with E-state index in [2.05, 4.69) is 10.6 Å². The molecule has 0 fully saturated rings. The quantitative estimate of drug-likeness (QED) is 0.397. The number of amides is 2. The number of aliphatic carboxylic acids is 1. The topological polar surface area (TPSA) is 148 Å². The van der Waals surface area contributed by atoms with Crippen LogP contribution in [0.2, 0.25) is 0 Å². The van der Waals surface area contributed by atoms with E-state index in [0.29, 0.717) is 0 Å². The zero-order valence-electron chi connectivity index (χ0n) is 14.4. The van der Waals surface area contributed by atoms with Crippen molar-refractivity contribution in [3.63, 3.8) is 0 Å². The van der Waals surface area contributed by atoms with Crippen molar-refractivity contribution < 1.29 is 29.0 Å². The molecule has 9 heteroatoms. The lowest BCUT2D eigenvalue weighted by atomic mass is 10.0. The van der Waals surface area contributed by atoms with E-state index in [1.807, 2.05) is 0 Å². The smallest absolute Gasteiger partial charge is 0.325 e. The molecular formula is C17H23N3O6. The normalized spacial score (nSPS) is 12.5. The monoisotopic (exact) mass is 365 g/mol. The van der Waals surface area contributed by atoms with Crippen LogP contribution in [0.1, 0.15) is 18.9 Å². The van der Waals surface area contributed by atoms with Crippen LogP contribution in [0.25, 0.3) is 0 Å². The minimum atomic E-state index is -1.29. The molecule has 2 atom stereocenters. The van der Waals surface area contributed by atoms with E-state index >= 15 is 0 Å². The fraction of sp³-hybridized carbons (Fsp3) is 0.412. The number of ether oxygens (including phenoxy) is 1. The van der Waals surface area contributed by atoms with E-state index in [9.17, 15) is 19.2 Å². The summed E-state index contributed by atoms with van der Waals surface area (Å²) in [5.41, 5.74) is 6.30. The first-order valence-corrected chi connectivity index (χ1v) is 8.08. The summed E-state index contributed by atoms with van der Waals surface area (Å²) in [6.07, 6.45) is -0.407. The van der Waals surface area contributed by atoms with Gasteiger partial charge in [0.1, 0.15) is 12.6 Å². The van der Waals surface area contributed by atoms with E-state index in [1.165, 1.54) is 0 Å². The molecule has 0 aliphatic rings. The molecular weight excluding hydrogens is 342 g/mol. The van der Waals surface area contributed by atoms with Crippen LogP contribution >= 0.6 is 0 Å². The molecule has 5 N–H and O–H groups in total. The van der Waals surface area contributed by atoms with Crippen molar-refractivity contribution in [2.24, 2.45) is 5.73 Å². The number of benzene rings is 1. The molecule has 0 radical (unpaired) electrons. The molecule has 1 aromatic rings.